The summed E-state index contributed by atoms with van der Waals surface area (Å²) in [6, 6.07) is 23.6. The number of methoxy groups -OCH3 is 1. The third-order valence-electron chi connectivity index (χ3n) is 8.69. The number of rotatable bonds is 5. The molecular formula is C34H24BrFN2O4. The number of carbonyl (C=O) groups is 3. The Bertz CT molecular complexity index is 1820. The molecule has 4 aromatic carbocycles. The second kappa shape index (κ2) is 9.77. The third kappa shape index (κ3) is 3.64. The number of carbonyl (C=O) groups excluding carboxylic acids is 3. The average Bonchev–Trinajstić information content (AvgIpc) is 3.49. The van der Waals surface area contributed by atoms with Crippen molar-refractivity contribution in [1.82, 2.24) is 4.90 Å². The van der Waals surface area contributed by atoms with Gasteiger partial charge in [-0.1, -0.05) is 42.5 Å². The van der Waals surface area contributed by atoms with Gasteiger partial charge < -0.3 is 15.0 Å². The first-order valence-corrected chi connectivity index (χ1v) is 14.3. The number of fused-ring (bicyclic) bond motifs is 6. The van der Waals surface area contributed by atoms with Crippen LogP contribution in [0.25, 0.3) is 6.08 Å². The van der Waals surface area contributed by atoms with Crippen molar-refractivity contribution in [2.24, 2.45) is 5.92 Å². The maximum atomic E-state index is 14.7. The largest absolute Gasteiger partial charge is 0.496 e. The van der Waals surface area contributed by atoms with E-state index < -0.39 is 35.0 Å². The molecule has 0 aromatic heterocycles. The van der Waals surface area contributed by atoms with Gasteiger partial charge in [0.2, 0.25) is 5.91 Å². The van der Waals surface area contributed by atoms with Crippen molar-refractivity contribution in [3.8, 4) is 5.75 Å². The quantitative estimate of drug-likeness (QED) is 0.255. The number of Topliss-reactive ketones (excluding diaryl/α,β-unsaturated/α-hetero) is 2. The summed E-state index contributed by atoms with van der Waals surface area (Å²) in [4.78, 5) is 45.7. The Morgan fingerprint density at radius 1 is 0.929 bits per heavy atom. The van der Waals surface area contributed by atoms with Crippen LogP contribution < -0.4 is 10.1 Å². The minimum Gasteiger partial charge on any atom is -0.496 e. The molecule has 4 aromatic rings. The Kier molecular flexibility index (Phi) is 6.13. The molecule has 1 fully saturated rings. The smallest absolute Gasteiger partial charge is 0.238 e. The lowest BCUT2D eigenvalue weighted by atomic mass is 9.62. The van der Waals surface area contributed by atoms with E-state index in [0.717, 1.165) is 11.1 Å². The molecular weight excluding hydrogens is 599 g/mol. The summed E-state index contributed by atoms with van der Waals surface area (Å²) in [6.45, 7) is 0. The molecule has 6 nitrogen and oxygen atoms in total. The summed E-state index contributed by atoms with van der Waals surface area (Å²) in [6.07, 6.45) is 3.73. The minimum atomic E-state index is -1.45. The van der Waals surface area contributed by atoms with Gasteiger partial charge in [0.1, 0.15) is 23.0 Å². The highest BCUT2D eigenvalue weighted by Gasteiger charge is 2.70. The van der Waals surface area contributed by atoms with Crippen LogP contribution >= 0.6 is 15.9 Å². The van der Waals surface area contributed by atoms with Gasteiger partial charge in [-0.3, -0.25) is 14.4 Å². The van der Waals surface area contributed by atoms with Crippen LogP contribution in [0.1, 0.15) is 43.4 Å². The molecule has 3 aliphatic rings. The summed E-state index contributed by atoms with van der Waals surface area (Å²) >= 11 is 3.48. The van der Waals surface area contributed by atoms with Crippen LogP contribution in [0.4, 0.5) is 10.1 Å². The number of hydrogen-bond acceptors (Lipinski definition) is 5. The number of nitrogens with zero attached hydrogens (tertiary/aromatic N) is 1. The predicted octanol–water partition coefficient (Wildman–Crippen LogP) is 6.58. The van der Waals surface area contributed by atoms with Gasteiger partial charge in [-0.15, -0.1) is 0 Å². The molecule has 4 atom stereocenters. The summed E-state index contributed by atoms with van der Waals surface area (Å²) in [7, 11) is 1.54. The van der Waals surface area contributed by atoms with Crippen molar-refractivity contribution in [1.29, 1.82) is 0 Å². The fraction of sp³-hybridized carbons (Fsp3) is 0.147. The SMILES string of the molecule is COc1ccc(C(=O)[C@@H]2[C@H](C(=O)c3ccc(F)cc3)[C@@]3(C(=O)Nc4ccccc43)[C@@H]3c4ccccc4C=CN23)cc1Br. The molecule has 0 radical (unpaired) electrons. The molecule has 1 spiro atoms. The second-order valence-corrected chi connectivity index (χ2v) is 11.5. The van der Waals surface area contributed by atoms with Gasteiger partial charge in [-0.25, -0.2) is 4.39 Å². The number of hydrogen-bond donors (Lipinski definition) is 1. The van der Waals surface area contributed by atoms with E-state index in [1.165, 1.54) is 31.4 Å². The highest BCUT2D eigenvalue weighted by Crippen LogP contribution is 2.62. The lowest BCUT2D eigenvalue weighted by Crippen LogP contribution is -2.49. The maximum absolute atomic E-state index is 14.7. The van der Waals surface area contributed by atoms with Gasteiger partial charge in [0, 0.05) is 23.0 Å². The normalized spacial score (nSPS) is 23.3. The van der Waals surface area contributed by atoms with Crippen LogP contribution in [0.15, 0.2) is 102 Å². The number of ether oxygens (including phenoxy) is 1. The van der Waals surface area contributed by atoms with Crippen LogP contribution in [-0.4, -0.2) is 35.5 Å². The molecule has 0 saturated carbocycles. The fourth-order valence-corrected chi connectivity index (χ4v) is 7.49. The number of anilines is 1. The van der Waals surface area contributed by atoms with Crippen molar-refractivity contribution in [3.63, 3.8) is 0 Å². The van der Waals surface area contributed by atoms with Crippen LogP contribution in [0.3, 0.4) is 0 Å². The van der Waals surface area contributed by atoms with E-state index in [2.05, 4.69) is 21.2 Å². The molecule has 42 heavy (non-hydrogen) atoms. The number of para-hydroxylation sites is 1. The third-order valence-corrected chi connectivity index (χ3v) is 9.31. The molecule has 0 bridgehead atoms. The zero-order valence-electron chi connectivity index (χ0n) is 22.4. The molecule has 1 amide bonds. The Labute approximate surface area is 249 Å². The standard InChI is InChI=1S/C34H24BrFN2O4/c1-42-27-15-12-21(18-25(27)35)31(40)29-28(30(39)20-10-13-22(36)14-11-20)34(24-8-4-5-9-26(24)37-33(34)41)32-23-7-3-2-6-19(23)16-17-38(29)32/h2-18,28-29,32H,1H3,(H,37,41)/t28-,29+,32+,34-/m1/s1. The van der Waals surface area contributed by atoms with Gasteiger partial charge in [-0.2, -0.15) is 0 Å². The first-order valence-electron chi connectivity index (χ1n) is 13.5. The average molecular weight is 623 g/mol. The number of nitrogens with one attached hydrogen (secondary N) is 1. The Morgan fingerprint density at radius 2 is 1.64 bits per heavy atom. The monoisotopic (exact) mass is 622 g/mol. The summed E-state index contributed by atoms with van der Waals surface area (Å²) in [5.74, 6) is -2.14. The van der Waals surface area contributed by atoms with Crippen LogP contribution in [-0.2, 0) is 10.2 Å². The van der Waals surface area contributed by atoms with Gasteiger partial charge >= 0.3 is 0 Å². The van der Waals surface area contributed by atoms with E-state index in [4.69, 9.17) is 4.74 Å². The number of ketones is 2. The first-order chi connectivity index (χ1) is 20.4. The van der Waals surface area contributed by atoms with E-state index in [1.807, 2.05) is 65.7 Å². The van der Waals surface area contributed by atoms with Crippen LogP contribution in [0, 0.1) is 11.7 Å². The Balaban J connectivity index is 1.52. The van der Waals surface area contributed by atoms with Crippen molar-refractivity contribution in [2.75, 3.05) is 12.4 Å². The molecule has 3 heterocycles. The van der Waals surface area contributed by atoms with Crippen LogP contribution in [0.5, 0.6) is 5.75 Å². The van der Waals surface area contributed by atoms with E-state index in [0.29, 0.717) is 27.0 Å². The Morgan fingerprint density at radius 3 is 2.40 bits per heavy atom. The second-order valence-electron chi connectivity index (χ2n) is 10.7. The van der Waals surface area contributed by atoms with Gasteiger partial charge in [-0.05, 0) is 87.2 Å². The van der Waals surface area contributed by atoms with Gasteiger partial charge in [0.05, 0.1) is 23.5 Å². The lowest BCUT2D eigenvalue weighted by Gasteiger charge is -2.38. The predicted molar refractivity (Wildman–Crippen MR) is 160 cm³/mol. The lowest BCUT2D eigenvalue weighted by molar-refractivity contribution is -0.122. The molecule has 7 rings (SSSR count). The van der Waals surface area contributed by atoms with Crippen LogP contribution in [0.2, 0.25) is 0 Å². The number of benzene rings is 4. The van der Waals surface area contributed by atoms with E-state index >= 15 is 0 Å². The van der Waals surface area contributed by atoms with Gasteiger partial charge in [0.25, 0.3) is 0 Å². The van der Waals surface area contributed by atoms with E-state index in [9.17, 15) is 18.8 Å². The van der Waals surface area contributed by atoms with Crippen molar-refractivity contribution in [2.45, 2.75) is 17.5 Å². The highest BCUT2D eigenvalue weighted by atomic mass is 79.9. The summed E-state index contributed by atoms with van der Waals surface area (Å²) in [5.41, 5.74) is 2.14. The number of amides is 1. The molecule has 3 aliphatic heterocycles. The van der Waals surface area contributed by atoms with Crippen molar-refractivity contribution >= 4 is 45.2 Å². The molecule has 1 N–H and O–H groups in total. The zero-order chi connectivity index (χ0) is 29.2. The topological polar surface area (TPSA) is 75.7 Å². The minimum absolute atomic E-state index is 0.226. The number of halogens is 2. The molecule has 0 unspecified atom stereocenters. The summed E-state index contributed by atoms with van der Waals surface area (Å²) in [5, 5.41) is 3.03. The highest BCUT2D eigenvalue weighted by molar-refractivity contribution is 9.10. The molecule has 1 saturated heterocycles. The fourth-order valence-electron chi connectivity index (χ4n) is 6.95. The van der Waals surface area contributed by atoms with Crippen molar-refractivity contribution in [3.05, 3.63) is 135 Å². The molecule has 208 valence electrons. The summed E-state index contributed by atoms with van der Waals surface area (Å²) < 4.78 is 19.9. The molecule has 8 heteroatoms. The Hall–Kier alpha value is -4.56. The maximum Gasteiger partial charge on any atom is 0.238 e. The van der Waals surface area contributed by atoms with Gasteiger partial charge in [0.15, 0.2) is 11.6 Å². The molecule has 0 aliphatic carbocycles. The first kappa shape index (κ1) is 26.3. The van der Waals surface area contributed by atoms with E-state index in [-0.39, 0.29) is 17.3 Å². The zero-order valence-corrected chi connectivity index (χ0v) is 24.0. The van der Waals surface area contributed by atoms with E-state index in [1.54, 1.807) is 18.2 Å². The van der Waals surface area contributed by atoms with Crippen molar-refractivity contribution < 1.29 is 23.5 Å².